The van der Waals surface area contributed by atoms with Gasteiger partial charge in [0.2, 0.25) is 0 Å². The highest BCUT2D eigenvalue weighted by Crippen LogP contribution is 2.25. The number of quaternary nitrogens is 1. The summed E-state index contributed by atoms with van der Waals surface area (Å²) >= 11 is 0. The van der Waals surface area contributed by atoms with Gasteiger partial charge in [-0.25, -0.2) is 4.79 Å². The van der Waals surface area contributed by atoms with Gasteiger partial charge in [0, 0.05) is 0 Å². The van der Waals surface area contributed by atoms with Crippen molar-refractivity contribution >= 4 is 11.7 Å². The Hall–Kier alpha value is -2.47. The number of aryl methyl sites for hydroxylation is 1. The number of hydrogen-bond acceptors (Lipinski definition) is 3. The van der Waals surface area contributed by atoms with Gasteiger partial charge in [-0.2, -0.15) is 0 Å². The number of anilines is 1. The maximum Gasteiger partial charge on any atom is 0.322 e. The molecule has 1 fully saturated rings. The molecule has 1 aromatic heterocycles. The largest absolute Gasteiger partial charge is 0.495 e. The molecule has 1 saturated heterocycles. The fourth-order valence-corrected chi connectivity index (χ4v) is 2.98. The number of ether oxygens (including phenoxy) is 1. The van der Waals surface area contributed by atoms with E-state index in [-0.39, 0.29) is 6.03 Å². The fraction of sp³-hybridized carbons (Fsp3) is 0.389. The van der Waals surface area contributed by atoms with Crippen LogP contribution in [0, 0.1) is 6.92 Å². The lowest BCUT2D eigenvalue weighted by Gasteiger charge is -2.32. The topological polar surface area (TPSA) is 59.1 Å². The van der Waals surface area contributed by atoms with Gasteiger partial charge >= 0.3 is 6.03 Å². The molecule has 2 aromatic rings. The van der Waals surface area contributed by atoms with Crippen LogP contribution in [0.25, 0.3) is 0 Å². The molecular formula is C18H24N3O3+. The van der Waals surface area contributed by atoms with Crippen molar-refractivity contribution in [3.8, 4) is 5.75 Å². The molecule has 6 heteroatoms. The predicted molar refractivity (Wildman–Crippen MR) is 91.4 cm³/mol. The molecule has 0 spiro atoms. The van der Waals surface area contributed by atoms with Crippen LogP contribution in [0.4, 0.5) is 10.5 Å². The zero-order valence-electron chi connectivity index (χ0n) is 14.2. The molecule has 1 aromatic carbocycles. The van der Waals surface area contributed by atoms with Crippen molar-refractivity contribution in [1.82, 2.24) is 4.90 Å². The first-order valence-corrected chi connectivity index (χ1v) is 8.22. The number of nitrogens with zero attached hydrogens (tertiary/aromatic N) is 1. The van der Waals surface area contributed by atoms with Gasteiger partial charge in [0.15, 0.2) is 5.76 Å². The van der Waals surface area contributed by atoms with E-state index in [2.05, 4.69) is 5.32 Å². The minimum Gasteiger partial charge on any atom is -0.495 e. The van der Waals surface area contributed by atoms with Crippen molar-refractivity contribution in [3.05, 3.63) is 47.9 Å². The molecule has 2 N–H and O–H groups in total. The van der Waals surface area contributed by atoms with Crippen LogP contribution >= 0.6 is 0 Å². The summed E-state index contributed by atoms with van der Waals surface area (Å²) in [5.74, 6) is 1.67. The lowest BCUT2D eigenvalue weighted by molar-refractivity contribution is -0.918. The van der Waals surface area contributed by atoms with E-state index in [1.165, 1.54) is 4.90 Å². The summed E-state index contributed by atoms with van der Waals surface area (Å²) in [5, 5.41) is 2.97. The zero-order valence-corrected chi connectivity index (χ0v) is 14.2. The molecule has 1 aliphatic heterocycles. The number of amides is 2. The Bertz CT molecular complexity index is 677. The summed E-state index contributed by atoms with van der Waals surface area (Å²) in [6.45, 7) is 6.16. The Labute approximate surface area is 142 Å². The van der Waals surface area contributed by atoms with E-state index in [1.807, 2.05) is 42.2 Å². The number of rotatable bonds is 4. The lowest BCUT2D eigenvalue weighted by atomic mass is 10.2. The van der Waals surface area contributed by atoms with Gasteiger partial charge in [-0.1, -0.05) is 6.07 Å². The van der Waals surface area contributed by atoms with Crippen LogP contribution in [0.3, 0.4) is 0 Å². The van der Waals surface area contributed by atoms with E-state index in [0.717, 1.165) is 44.0 Å². The van der Waals surface area contributed by atoms with Crippen molar-refractivity contribution in [2.45, 2.75) is 13.5 Å². The third-order valence-electron chi connectivity index (χ3n) is 4.36. The van der Waals surface area contributed by atoms with E-state index >= 15 is 0 Å². The molecule has 2 heterocycles. The maximum atomic E-state index is 12.5. The molecule has 0 aliphatic carbocycles. The molecule has 2 amide bonds. The van der Waals surface area contributed by atoms with Crippen LogP contribution in [-0.4, -0.2) is 44.2 Å². The molecule has 0 radical (unpaired) electrons. The number of hydrogen-bond donors (Lipinski definition) is 2. The molecule has 0 bridgehead atoms. The molecule has 1 aliphatic rings. The van der Waals surface area contributed by atoms with Crippen molar-refractivity contribution in [2.24, 2.45) is 0 Å². The van der Waals surface area contributed by atoms with Gasteiger partial charge < -0.3 is 24.3 Å². The van der Waals surface area contributed by atoms with Crippen LogP contribution in [0.15, 0.2) is 41.0 Å². The second-order valence-electron chi connectivity index (χ2n) is 6.13. The van der Waals surface area contributed by atoms with Crippen LogP contribution in [0.2, 0.25) is 0 Å². The maximum absolute atomic E-state index is 12.5. The molecule has 0 saturated carbocycles. The summed E-state index contributed by atoms with van der Waals surface area (Å²) in [6.07, 6.45) is 1.70. The summed E-state index contributed by atoms with van der Waals surface area (Å²) in [5.41, 5.74) is 1.80. The Morgan fingerprint density at radius 2 is 2.12 bits per heavy atom. The monoisotopic (exact) mass is 330 g/mol. The van der Waals surface area contributed by atoms with Gasteiger partial charge in [-0.15, -0.1) is 0 Å². The number of piperazine rings is 1. The minimum absolute atomic E-state index is 0.0732. The minimum atomic E-state index is -0.0732. The van der Waals surface area contributed by atoms with Crippen LogP contribution in [0.1, 0.15) is 11.3 Å². The summed E-state index contributed by atoms with van der Waals surface area (Å²) in [7, 11) is 1.61. The number of benzene rings is 1. The van der Waals surface area contributed by atoms with Crippen LogP contribution < -0.4 is 15.0 Å². The van der Waals surface area contributed by atoms with Crippen molar-refractivity contribution < 1.29 is 18.8 Å². The van der Waals surface area contributed by atoms with Gasteiger partial charge in [0.05, 0.1) is 45.2 Å². The SMILES string of the molecule is COc1ccc(C)cc1NC(=O)N1CC[NH+](Cc2ccco2)CC1. The number of nitrogens with one attached hydrogen (secondary N) is 2. The highest BCUT2D eigenvalue weighted by Gasteiger charge is 2.24. The molecule has 6 nitrogen and oxygen atoms in total. The number of carbonyl (C=O) groups excluding carboxylic acids is 1. The van der Waals surface area contributed by atoms with Gasteiger partial charge in [0.1, 0.15) is 12.3 Å². The van der Waals surface area contributed by atoms with Crippen LogP contribution in [-0.2, 0) is 6.54 Å². The number of furan rings is 1. The second kappa shape index (κ2) is 7.40. The number of methoxy groups -OCH3 is 1. The van der Waals surface area contributed by atoms with E-state index < -0.39 is 0 Å². The van der Waals surface area contributed by atoms with Gasteiger partial charge in [0.25, 0.3) is 0 Å². The summed E-state index contributed by atoms with van der Waals surface area (Å²) in [4.78, 5) is 15.8. The number of carbonyl (C=O) groups is 1. The van der Waals surface area contributed by atoms with E-state index in [1.54, 1.807) is 13.4 Å². The van der Waals surface area contributed by atoms with E-state index in [9.17, 15) is 4.79 Å². The first kappa shape index (κ1) is 16.4. The molecule has 128 valence electrons. The highest BCUT2D eigenvalue weighted by molar-refractivity contribution is 5.91. The average Bonchev–Trinajstić information content (AvgIpc) is 3.09. The second-order valence-corrected chi connectivity index (χ2v) is 6.13. The molecule has 0 unspecified atom stereocenters. The van der Waals surface area contributed by atoms with Crippen molar-refractivity contribution in [3.63, 3.8) is 0 Å². The third kappa shape index (κ3) is 3.89. The van der Waals surface area contributed by atoms with E-state index in [4.69, 9.17) is 9.15 Å². The summed E-state index contributed by atoms with van der Waals surface area (Å²) in [6, 6.07) is 9.59. The quantitative estimate of drug-likeness (QED) is 0.894. The predicted octanol–water partition coefficient (Wildman–Crippen LogP) is 1.53. The smallest absolute Gasteiger partial charge is 0.322 e. The molecule has 24 heavy (non-hydrogen) atoms. The van der Waals surface area contributed by atoms with Crippen molar-refractivity contribution in [1.29, 1.82) is 0 Å². The first-order valence-electron chi connectivity index (χ1n) is 8.22. The van der Waals surface area contributed by atoms with Gasteiger partial charge in [-0.05, 0) is 36.8 Å². The van der Waals surface area contributed by atoms with Crippen LogP contribution in [0.5, 0.6) is 5.75 Å². The Morgan fingerprint density at radius 3 is 2.79 bits per heavy atom. The zero-order chi connectivity index (χ0) is 16.9. The Balaban J connectivity index is 1.54. The number of urea groups is 1. The van der Waals surface area contributed by atoms with E-state index in [0.29, 0.717) is 11.4 Å². The Morgan fingerprint density at radius 1 is 1.33 bits per heavy atom. The fourth-order valence-electron chi connectivity index (χ4n) is 2.98. The third-order valence-corrected chi connectivity index (χ3v) is 4.36. The standard InChI is InChI=1S/C18H23N3O3/c1-14-5-6-17(23-2)16(12-14)19-18(22)21-9-7-20(8-10-21)13-15-4-3-11-24-15/h3-6,11-12H,7-10,13H2,1-2H3,(H,19,22)/p+1. The van der Waals surface area contributed by atoms with Crippen molar-refractivity contribution in [2.75, 3.05) is 38.6 Å². The molecule has 3 rings (SSSR count). The highest BCUT2D eigenvalue weighted by atomic mass is 16.5. The van der Waals surface area contributed by atoms with Gasteiger partial charge in [-0.3, -0.25) is 0 Å². The summed E-state index contributed by atoms with van der Waals surface area (Å²) < 4.78 is 10.7. The lowest BCUT2D eigenvalue weighted by Crippen LogP contribution is -3.13. The normalized spacial score (nSPS) is 15.3. The molecule has 0 atom stereocenters. The molecular weight excluding hydrogens is 306 g/mol. The first-order chi connectivity index (χ1) is 11.7. The average molecular weight is 330 g/mol. The Kier molecular flexibility index (Phi) is 5.05.